The van der Waals surface area contributed by atoms with E-state index in [9.17, 15) is 10.1 Å². The summed E-state index contributed by atoms with van der Waals surface area (Å²) < 4.78 is 5.29. The Balaban J connectivity index is 2.64. The maximum atomic E-state index is 12.2. The number of nitriles is 1. The van der Waals surface area contributed by atoms with E-state index in [1.165, 1.54) is 0 Å². The minimum absolute atomic E-state index is 0.0360. The number of hydrogen-bond donors (Lipinski definition) is 0. The van der Waals surface area contributed by atoms with Gasteiger partial charge in [-0.25, -0.2) is 0 Å². The summed E-state index contributed by atoms with van der Waals surface area (Å²) in [7, 11) is 0. The number of cyclic esters (lactones) is 1. The molecule has 2 rings (SSSR count). The van der Waals surface area contributed by atoms with Gasteiger partial charge in [-0.05, 0) is 10.8 Å². The fourth-order valence-electron chi connectivity index (χ4n) is 4.33. The lowest BCUT2D eigenvalue weighted by molar-refractivity contribution is -0.287. The van der Waals surface area contributed by atoms with Crippen LogP contribution >= 0.6 is 0 Å². The summed E-state index contributed by atoms with van der Waals surface area (Å²) in [5.74, 6) is -0.266. The molecule has 2 fully saturated rings. The van der Waals surface area contributed by atoms with Crippen LogP contribution in [-0.4, -0.2) is 12.6 Å². The van der Waals surface area contributed by atoms with Crippen molar-refractivity contribution >= 4 is 5.97 Å². The van der Waals surface area contributed by atoms with Crippen LogP contribution in [0.1, 0.15) is 41.5 Å². The number of ether oxygens (including phenoxy) is 1. The fourth-order valence-corrected chi connectivity index (χ4v) is 4.33. The molecule has 3 nitrogen and oxygen atoms in total. The smallest absolute Gasteiger partial charge is 0.327 e. The summed E-state index contributed by atoms with van der Waals surface area (Å²) in [6.07, 6.45) is 0. The molecule has 0 aromatic carbocycles. The van der Waals surface area contributed by atoms with Crippen LogP contribution in [0.2, 0.25) is 0 Å². The topological polar surface area (TPSA) is 50.1 Å². The van der Waals surface area contributed by atoms with Gasteiger partial charge in [-0.3, -0.25) is 4.79 Å². The number of carbonyl (C=O) groups excluding carboxylic acids is 1. The van der Waals surface area contributed by atoms with Crippen molar-refractivity contribution in [3.8, 4) is 6.07 Å². The van der Waals surface area contributed by atoms with Crippen molar-refractivity contribution in [2.24, 2.45) is 27.6 Å². The van der Waals surface area contributed by atoms with E-state index in [0.29, 0.717) is 6.61 Å². The van der Waals surface area contributed by atoms with E-state index in [-0.39, 0.29) is 28.1 Å². The van der Waals surface area contributed by atoms with E-state index in [1.807, 2.05) is 13.8 Å². The standard InChI is InChI=1S/C14H21NO2/c1-11(2)8-17-10(16)14(7-15)9(11)12(3,4)13(14,5)6/h9H,8H2,1-6H3/t9-,14+/m0/s1. The molecule has 2 atom stereocenters. The van der Waals surface area contributed by atoms with Crippen LogP contribution in [0.4, 0.5) is 0 Å². The van der Waals surface area contributed by atoms with Crippen molar-refractivity contribution in [3.63, 3.8) is 0 Å². The Hall–Kier alpha value is -1.04. The van der Waals surface area contributed by atoms with Gasteiger partial charge in [-0.2, -0.15) is 5.26 Å². The third-order valence-corrected chi connectivity index (χ3v) is 5.61. The molecular formula is C14H21NO2. The third-order valence-electron chi connectivity index (χ3n) is 5.61. The predicted molar refractivity (Wildman–Crippen MR) is 63.8 cm³/mol. The van der Waals surface area contributed by atoms with Crippen LogP contribution in [0.5, 0.6) is 0 Å². The van der Waals surface area contributed by atoms with Crippen LogP contribution in [-0.2, 0) is 9.53 Å². The van der Waals surface area contributed by atoms with Crippen molar-refractivity contribution < 1.29 is 9.53 Å². The second-order valence-electron chi connectivity index (χ2n) is 7.26. The van der Waals surface area contributed by atoms with Gasteiger partial charge in [-0.15, -0.1) is 0 Å². The summed E-state index contributed by atoms with van der Waals surface area (Å²) in [6, 6.07) is 2.29. The van der Waals surface area contributed by atoms with Gasteiger partial charge in [0.2, 0.25) is 0 Å². The van der Waals surface area contributed by atoms with Crippen molar-refractivity contribution in [1.82, 2.24) is 0 Å². The number of carbonyl (C=O) groups is 1. The van der Waals surface area contributed by atoms with E-state index >= 15 is 0 Å². The normalized spacial score (nSPS) is 40.5. The lowest BCUT2D eigenvalue weighted by atomic mass is 9.29. The highest BCUT2D eigenvalue weighted by molar-refractivity contribution is 5.85. The highest BCUT2D eigenvalue weighted by atomic mass is 16.5. The van der Waals surface area contributed by atoms with Crippen LogP contribution in [0.15, 0.2) is 0 Å². The van der Waals surface area contributed by atoms with E-state index in [0.717, 1.165) is 0 Å². The molecule has 1 saturated carbocycles. The largest absolute Gasteiger partial charge is 0.464 e. The quantitative estimate of drug-likeness (QED) is 0.607. The first kappa shape index (κ1) is 12.4. The Morgan fingerprint density at radius 3 is 2.18 bits per heavy atom. The Bertz CT molecular complexity index is 428. The Morgan fingerprint density at radius 2 is 1.76 bits per heavy atom. The second kappa shape index (κ2) is 2.85. The number of rotatable bonds is 0. The Kier molecular flexibility index (Phi) is 2.08. The molecule has 1 aliphatic heterocycles. The first-order chi connectivity index (χ1) is 7.55. The number of nitrogens with zero attached hydrogens (tertiary/aromatic N) is 1. The molecule has 1 saturated heterocycles. The summed E-state index contributed by atoms with van der Waals surface area (Å²) in [6.45, 7) is 12.9. The van der Waals surface area contributed by atoms with Crippen molar-refractivity contribution in [2.45, 2.75) is 41.5 Å². The van der Waals surface area contributed by atoms with Crippen LogP contribution < -0.4 is 0 Å². The molecule has 0 bridgehead atoms. The second-order valence-corrected chi connectivity index (χ2v) is 7.26. The lowest BCUT2D eigenvalue weighted by Crippen LogP contribution is -2.76. The van der Waals surface area contributed by atoms with Gasteiger partial charge in [0.1, 0.15) is 0 Å². The van der Waals surface area contributed by atoms with Gasteiger partial charge in [0.25, 0.3) is 0 Å². The van der Waals surface area contributed by atoms with Crippen molar-refractivity contribution in [3.05, 3.63) is 0 Å². The molecule has 94 valence electrons. The monoisotopic (exact) mass is 235 g/mol. The molecule has 0 amide bonds. The number of esters is 1. The molecule has 17 heavy (non-hydrogen) atoms. The van der Waals surface area contributed by atoms with Crippen molar-refractivity contribution in [1.29, 1.82) is 5.26 Å². The van der Waals surface area contributed by atoms with Gasteiger partial charge in [0.05, 0.1) is 12.7 Å². The Morgan fingerprint density at radius 1 is 1.24 bits per heavy atom. The summed E-state index contributed by atoms with van der Waals surface area (Å²) in [5, 5.41) is 9.59. The average molecular weight is 235 g/mol. The van der Waals surface area contributed by atoms with Crippen LogP contribution in [0, 0.1) is 38.9 Å². The highest BCUT2D eigenvalue weighted by Gasteiger charge is 2.80. The molecule has 3 heteroatoms. The molecule has 0 aromatic rings. The molecule has 0 spiro atoms. The van der Waals surface area contributed by atoms with Gasteiger partial charge < -0.3 is 4.74 Å². The number of fused-ring (bicyclic) bond motifs is 1. The van der Waals surface area contributed by atoms with Gasteiger partial charge in [0.15, 0.2) is 5.41 Å². The fraction of sp³-hybridized carbons (Fsp3) is 0.857. The molecule has 0 unspecified atom stereocenters. The van der Waals surface area contributed by atoms with E-state index in [2.05, 4.69) is 33.8 Å². The van der Waals surface area contributed by atoms with Crippen molar-refractivity contribution in [2.75, 3.05) is 6.61 Å². The third kappa shape index (κ3) is 1.01. The zero-order chi connectivity index (χ0) is 13.3. The zero-order valence-electron chi connectivity index (χ0n) is 11.5. The van der Waals surface area contributed by atoms with Crippen LogP contribution in [0.25, 0.3) is 0 Å². The molecule has 1 aliphatic carbocycles. The van der Waals surface area contributed by atoms with Gasteiger partial charge in [-0.1, -0.05) is 41.5 Å². The zero-order valence-corrected chi connectivity index (χ0v) is 11.5. The first-order valence-electron chi connectivity index (χ1n) is 6.14. The molecule has 1 heterocycles. The van der Waals surface area contributed by atoms with Gasteiger partial charge in [0, 0.05) is 11.3 Å². The highest BCUT2D eigenvalue weighted by Crippen LogP contribution is 2.76. The minimum Gasteiger partial charge on any atom is -0.464 e. The van der Waals surface area contributed by atoms with E-state index in [1.54, 1.807) is 0 Å². The minimum atomic E-state index is -0.974. The Labute approximate surface area is 103 Å². The average Bonchev–Trinajstić information content (AvgIpc) is 2.19. The number of hydrogen-bond acceptors (Lipinski definition) is 3. The van der Waals surface area contributed by atoms with Gasteiger partial charge >= 0.3 is 5.97 Å². The molecular weight excluding hydrogens is 214 g/mol. The summed E-state index contributed by atoms with van der Waals surface area (Å²) in [5.41, 5.74) is -1.50. The molecule has 0 radical (unpaired) electrons. The molecule has 0 N–H and O–H groups in total. The van der Waals surface area contributed by atoms with E-state index in [4.69, 9.17) is 4.74 Å². The first-order valence-corrected chi connectivity index (χ1v) is 6.14. The lowest BCUT2D eigenvalue weighted by Gasteiger charge is -2.73. The SMILES string of the molecule is CC1(C)COC(=O)[C@@]2(C#N)[C@@H]1C(C)(C)C2(C)C. The summed E-state index contributed by atoms with van der Waals surface area (Å²) >= 11 is 0. The maximum absolute atomic E-state index is 12.2. The molecule has 2 aliphatic rings. The van der Waals surface area contributed by atoms with E-state index < -0.39 is 5.41 Å². The predicted octanol–water partition coefficient (Wildman–Crippen LogP) is 2.76. The summed E-state index contributed by atoms with van der Waals surface area (Å²) in [4.78, 5) is 12.2. The maximum Gasteiger partial charge on any atom is 0.327 e. The molecule has 0 aromatic heterocycles. The van der Waals surface area contributed by atoms with Crippen LogP contribution in [0.3, 0.4) is 0 Å².